The van der Waals surface area contributed by atoms with E-state index in [0.29, 0.717) is 0 Å². The van der Waals surface area contributed by atoms with Gasteiger partial charge in [-0.1, -0.05) is 12.1 Å². The Balaban J connectivity index is 2.56. The predicted octanol–water partition coefficient (Wildman–Crippen LogP) is -0.385. The molecule has 1 aliphatic rings. The van der Waals surface area contributed by atoms with Gasteiger partial charge in [0, 0.05) is 5.75 Å². The van der Waals surface area contributed by atoms with Gasteiger partial charge in [0.2, 0.25) is 0 Å². The number of nitrogens with zero attached hydrogens (tertiary/aromatic N) is 1. The molecule has 0 spiro atoms. The van der Waals surface area contributed by atoms with Gasteiger partial charge in [-0.2, -0.15) is 16.9 Å². The second kappa shape index (κ2) is 4.38. The zero-order chi connectivity index (χ0) is 13.5. The van der Waals surface area contributed by atoms with E-state index in [-0.39, 0.29) is 20.5 Å². The molecule has 0 bridgehead atoms. The van der Waals surface area contributed by atoms with Crippen LogP contribution in [0.2, 0.25) is 0 Å². The Hall–Kier alpha value is -1.38. The van der Waals surface area contributed by atoms with Crippen LogP contribution in [-0.2, 0) is 14.8 Å². The van der Waals surface area contributed by atoms with Gasteiger partial charge in [0.1, 0.15) is 4.90 Å². The summed E-state index contributed by atoms with van der Waals surface area (Å²) in [6.45, 7) is 0. The van der Waals surface area contributed by atoms with E-state index < -0.39 is 27.9 Å². The van der Waals surface area contributed by atoms with Crippen LogP contribution in [0.25, 0.3) is 0 Å². The van der Waals surface area contributed by atoms with Crippen LogP contribution < -0.4 is 5.73 Å². The molecule has 2 amide bonds. The quantitative estimate of drug-likeness (QED) is 0.722. The molecule has 6 nitrogen and oxygen atoms in total. The molecule has 0 aliphatic carbocycles. The topological polar surface area (TPSA) is 97.5 Å². The number of hydrogen-bond donors (Lipinski definition) is 2. The second-order valence-electron chi connectivity index (χ2n) is 3.70. The lowest BCUT2D eigenvalue weighted by Gasteiger charge is -2.16. The van der Waals surface area contributed by atoms with Crippen molar-refractivity contribution in [2.75, 3.05) is 5.75 Å². The average molecular weight is 286 g/mol. The number of nitrogens with two attached hydrogens (primary N) is 1. The molecule has 96 valence electrons. The molecule has 0 saturated heterocycles. The number of hydrogen-bond acceptors (Lipinski definition) is 6. The number of thiol groups is 1. The summed E-state index contributed by atoms with van der Waals surface area (Å²) in [5.41, 5.74) is 5.41. The third-order valence-electron chi connectivity index (χ3n) is 2.53. The Labute approximate surface area is 109 Å². The number of rotatable bonds is 2. The molecular weight excluding hydrogens is 276 g/mol. The number of fused-ring (bicyclic) bond motifs is 1. The van der Waals surface area contributed by atoms with Crippen molar-refractivity contribution in [3.8, 4) is 0 Å². The maximum absolute atomic E-state index is 12.1. The van der Waals surface area contributed by atoms with Gasteiger partial charge in [-0.25, -0.2) is 8.42 Å². The van der Waals surface area contributed by atoms with E-state index in [1.807, 2.05) is 0 Å². The fourth-order valence-electron chi connectivity index (χ4n) is 1.63. The van der Waals surface area contributed by atoms with Crippen LogP contribution in [0.5, 0.6) is 0 Å². The summed E-state index contributed by atoms with van der Waals surface area (Å²) in [4.78, 5) is 23.6. The van der Waals surface area contributed by atoms with Gasteiger partial charge in [0.25, 0.3) is 21.8 Å². The third kappa shape index (κ3) is 1.73. The van der Waals surface area contributed by atoms with Gasteiger partial charge in [0.15, 0.2) is 0 Å². The van der Waals surface area contributed by atoms with Crippen molar-refractivity contribution in [3.05, 3.63) is 29.8 Å². The molecule has 0 radical (unpaired) electrons. The number of carbonyl (C=O) groups excluding carboxylic acids is 2. The standard InChI is InChI=1S/C10H10N2O4S2/c11-7(5-17)10(14)12-9(13)6-3-1-2-4-8(6)18(12,15)16/h1-4,7,17H,5,11H2/t7-/m0/s1. The third-order valence-corrected chi connectivity index (χ3v) is 4.67. The van der Waals surface area contributed by atoms with Crippen LogP contribution in [0.15, 0.2) is 29.2 Å². The molecule has 1 aromatic rings. The van der Waals surface area contributed by atoms with Gasteiger partial charge < -0.3 is 5.73 Å². The fraction of sp³-hybridized carbons (Fsp3) is 0.200. The molecule has 0 aromatic heterocycles. The highest BCUT2D eigenvalue weighted by atomic mass is 32.2. The highest BCUT2D eigenvalue weighted by Gasteiger charge is 2.46. The van der Waals surface area contributed by atoms with Crippen LogP contribution in [0.1, 0.15) is 10.4 Å². The number of imide groups is 1. The Morgan fingerprint density at radius 2 is 2.00 bits per heavy atom. The number of sulfonamides is 1. The molecule has 18 heavy (non-hydrogen) atoms. The van der Waals surface area contributed by atoms with E-state index in [1.54, 1.807) is 0 Å². The van der Waals surface area contributed by atoms with Crippen LogP contribution in [0.4, 0.5) is 0 Å². The maximum atomic E-state index is 12.1. The fourth-order valence-corrected chi connectivity index (χ4v) is 3.36. The molecule has 0 saturated carbocycles. The van der Waals surface area contributed by atoms with Crippen molar-refractivity contribution in [1.82, 2.24) is 4.31 Å². The van der Waals surface area contributed by atoms with Crippen molar-refractivity contribution >= 4 is 34.5 Å². The molecule has 0 unspecified atom stereocenters. The molecule has 1 aromatic carbocycles. The van der Waals surface area contributed by atoms with E-state index in [2.05, 4.69) is 12.6 Å². The minimum Gasteiger partial charge on any atom is -0.319 e. The summed E-state index contributed by atoms with van der Waals surface area (Å²) >= 11 is 3.82. The average Bonchev–Trinajstić information content (AvgIpc) is 2.56. The summed E-state index contributed by atoms with van der Waals surface area (Å²) in [5.74, 6) is -1.88. The molecule has 8 heteroatoms. The van der Waals surface area contributed by atoms with Gasteiger partial charge in [-0.15, -0.1) is 0 Å². The Morgan fingerprint density at radius 3 is 2.56 bits per heavy atom. The SMILES string of the molecule is N[C@@H](CS)C(=O)N1C(=O)c2ccccc2S1(=O)=O. The second-order valence-corrected chi connectivity index (χ2v) is 5.82. The monoisotopic (exact) mass is 286 g/mol. The van der Waals surface area contributed by atoms with Crippen LogP contribution >= 0.6 is 12.6 Å². The van der Waals surface area contributed by atoms with Crippen LogP contribution in [-0.4, -0.2) is 36.3 Å². The summed E-state index contributed by atoms with van der Waals surface area (Å²) in [7, 11) is -4.13. The van der Waals surface area contributed by atoms with Crippen molar-refractivity contribution in [2.45, 2.75) is 10.9 Å². The molecule has 2 N–H and O–H groups in total. The van der Waals surface area contributed by atoms with E-state index in [9.17, 15) is 18.0 Å². The molecule has 1 heterocycles. The first-order chi connectivity index (χ1) is 8.41. The largest absolute Gasteiger partial charge is 0.319 e. The van der Waals surface area contributed by atoms with Crippen LogP contribution in [0.3, 0.4) is 0 Å². The minimum absolute atomic E-state index is 0.0165. The molecular formula is C10H10N2O4S2. The first-order valence-electron chi connectivity index (χ1n) is 5.00. The number of benzene rings is 1. The summed E-state index contributed by atoms with van der Waals surface area (Å²) < 4.78 is 24.3. The van der Waals surface area contributed by atoms with E-state index in [4.69, 9.17) is 5.73 Å². The smallest absolute Gasteiger partial charge is 0.276 e. The summed E-state index contributed by atoms with van der Waals surface area (Å²) in [5, 5.41) is 0. The molecule has 2 rings (SSSR count). The zero-order valence-electron chi connectivity index (χ0n) is 9.11. The lowest BCUT2D eigenvalue weighted by Crippen LogP contribution is -2.47. The van der Waals surface area contributed by atoms with Crippen molar-refractivity contribution in [1.29, 1.82) is 0 Å². The lowest BCUT2D eigenvalue weighted by atomic mass is 10.2. The molecule has 1 aliphatic heterocycles. The maximum Gasteiger partial charge on any atom is 0.276 e. The Morgan fingerprint density at radius 1 is 1.39 bits per heavy atom. The highest BCUT2D eigenvalue weighted by Crippen LogP contribution is 2.30. The zero-order valence-corrected chi connectivity index (χ0v) is 10.8. The Bertz CT molecular complexity index is 627. The Kier molecular flexibility index (Phi) is 3.18. The molecule has 0 fully saturated rings. The van der Waals surface area contributed by atoms with Crippen molar-refractivity contribution in [2.24, 2.45) is 5.73 Å². The van der Waals surface area contributed by atoms with Crippen molar-refractivity contribution < 1.29 is 18.0 Å². The van der Waals surface area contributed by atoms with Gasteiger partial charge in [-0.3, -0.25) is 9.59 Å². The summed E-state index contributed by atoms with van der Waals surface area (Å²) in [6.07, 6.45) is 0. The summed E-state index contributed by atoms with van der Waals surface area (Å²) in [6, 6.07) is 4.51. The number of amides is 2. The first kappa shape index (κ1) is 13.1. The van der Waals surface area contributed by atoms with Crippen molar-refractivity contribution in [3.63, 3.8) is 0 Å². The number of carbonyl (C=O) groups is 2. The van der Waals surface area contributed by atoms with Crippen LogP contribution in [0, 0.1) is 0 Å². The van der Waals surface area contributed by atoms with E-state index in [0.717, 1.165) is 0 Å². The van der Waals surface area contributed by atoms with Gasteiger partial charge in [0.05, 0.1) is 11.6 Å². The predicted molar refractivity (Wildman–Crippen MR) is 66.6 cm³/mol. The van der Waals surface area contributed by atoms with E-state index >= 15 is 0 Å². The van der Waals surface area contributed by atoms with E-state index in [1.165, 1.54) is 24.3 Å². The van der Waals surface area contributed by atoms with Gasteiger partial charge in [-0.05, 0) is 12.1 Å². The normalized spacial score (nSPS) is 18.6. The lowest BCUT2D eigenvalue weighted by molar-refractivity contribution is -0.125. The highest BCUT2D eigenvalue weighted by molar-refractivity contribution is 7.90. The molecule has 1 atom stereocenters. The first-order valence-corrected chi connectivity index (χ1v) is 7.07. The minimum atomic E-state index is -4.13. The van der Waals surface area contributed by atoms with Gasteiger partial charge >= 0.3 is 0 Å².